The lowest BCUT2D eigenvalue weighted by atomic mass is 9.58. The topological polar surface area (TPSA) is 78.4 Å². The van der Waals surface area contributed by atoms with Gasteiger partial charge in [-0.25, -0.2) is 9.78 Å². The largest absolute Gasteiger partial charge is 0.395 e. The summed E-state index contributed by atoms with van der Waals surface area (Å²) in [6.45, 7) is 8.37. The van der Waals surface area contributed by atoms with E-state index in [4.69, 9.17) is 29.1 Å². The van der Waals surface area contributed by atoms with Crippen LogP contribution in [-0.4, -0.2) is 55.4 Å². The smallest absolute Gasteiger partial charge is 0.201 e. The molecule has 1 saturated carbocycles. The Morgan fingerprint density at radius 1 is 1.12 bits per heavy atom. The van der Waals surface area contributed by atoms with Crippen LogP contribution < -0.4 is 5.32 Å². The highest BCUT2D eigenvalue weighted by atomic mass is 17.3. The lowest BCUT2D eigenvalue weighted by molar-refractivity contribution is -0.577. The highest BCUT2D eigenvalue weighted by molar-refractivity contribution is 5.09. The molecule has 4 aliphatic heterocycles. The standard InChI is InChI=1S/C19H33NO6/c1-12-4-5-15-13(2)16(22-11-9-20-8-10-21)23-17-19(15)14(12)6-7-18(3,24-17)25-26-19/h12-17,20-21H,4-11H2,1-3H3/t12-,13-,14?,15?,16+,17-,18-,19-/m1/s1. The maximum Gasteiger partial charge on any atom is 0.201 e. The fraction of sp³-hybridized carbons (Fsp3) is 1.00. The zero-order valence-electron chi connectivity index (χ0n) is 16.1. The van der Waals surface area contributed by atoms with Crippen molar-refractivity contribution >= 4 is 0 Å². The first kappa shape index (κ1) is 19.1. The minimum absolute atomic E-state index is 0.131. The number of hydrogen-bond acceptors (Lipinski definition) is 7. The third-order valence-electron chi connectivity index (χ3n) is 6.95. The van der Waals surface area contributed by atoms with Crippen LogP contribution in [0.4, 0.5) is 0 Å². The predicted molar refractivity (Wildman–Crippen MR) is 92.7 cm³/mol. The van der Waals surface area contributed by atoms with Gasteiger partial charge in [-0.3, -0.25) is 0 Å². The average Bonchev–Trinajstić information content (AvgIpc) is 2.85. The molecule has 2 unspecified atom stereocenters. The number of ether oxygens (including phenoxy) is 3. The van der Waals surface area contributed by atoms with E-state index in [1.165, 1.54) is 6.42 Å². The van der Waals surface area contributed by atoms with Crippen molar-refractivity contribution in [1.82, 2.24) is 5.32 Å². The van der Waals surface area contributed by atoms with Gasteiger partial charge in [0.25, 0.3) is 0 Å². The van der Waals surface area contributed by atoms with Crippen LogP contribution in [0.2, 0.25) is 0 Å². The second kappa shape index (κ2) is 7.28. The Balaban J connectivity index is 1.53. The number of rotatable bonds is 6. The van der Waals surface area contributed by atoms with Gasteiger partial charge < -0.3 is 24.6 Å². The molecule has 0 aromatic carbocycles. The molecule has 7 heteroatoms. The lowest BCUT2D eigenvalue weighted by Gasteiger charge is -2.60. The van der Waals surface area contributed by atoms with Crippen molar-refractivity contribution in [2.24, 2.45) is 23.7 Å². The van der Waals surface area contributed by atoms with Crippen LogP contribution in [0.1, 0.15) is 46.5 Å². The van der Waals surface area contributed by atoms with Gasteiger partial charge in [0.15, 0.2) is 18.2 Å². The van der Waals surface area contributed by atoms with Crippen LogP contribution in [0, 0.1) is 23.7 Å². The molecule has 0 radical (unpaired) electrons. The van der Waals surface area contributed by atoms with Gasteiger partial charge in [0.2, 0.25) is 5.79 Å². The monoisotopic (exact) mass is 371 g/mol. The summed E-state index contributed by atoms with van der Waals surface area (Å²) >= 11 is 0. The van der Waals surface area contributed by atoms with E-state index < -0.39 is 17.7 Å². The Morgan fingerprint density at radius 3 is 2.77 bits per heavy atom. The molecular formula is C19H33NO6. The molecule has 26 heavy (non-hydrogen) atoms. The van der Waals surface area contributed by atoms with Gasteiger partial charge in [0.05, 0.1) is 13.2 Å². The molecule has 7 nitrogen and oxygen atoms in total. The normalized spacial score (nSPS) is 50.3. The zero-order chi connectivity index (χ0) is 18.4. The molecular weight excluding hydrogens is 338 g/mol. The quantitative estimate of drug-likeness (QED) is 0.544. The predicted octanol–water partition coefficient (Wildman–Crippen LogP) is 1.79. The number of aliphatic hydroxyl groups is 1. The summed E-state index contributed by atoms with van der Waals surface area (Å²) in [7, 11) is 0. The lowest BCUT2D eigenvalue weighted by Crippen LogP contribution is -2.70. The Kier molecular flexibility index (Phi) is 5.33. The van der Waals surface area contributed by atoms with Gasteiger partial charge >= 0.3 is 0 Å². The van der Waals surface area contributed by atoms with E-state index in [0.29, 0.717) is 37.5 Å². The van der Waals surface area contributed by atoms with Gasteiger partial charge in [0.1, 0.15) is 0 Å². The van der Waals surface area contributed by atoms with Crippen molar-refractivity contribution in [3.63, 3.8) is 0 Å². The van der Waals surface area contributed by atoms with Crippen LogP contribution >= 0.6 is 0 Å². The molecule has 5 fully saturated rings. The maximum absolute atomic E-state index is 8.85. The van der Waals surface area contributed by atoms with Gasteiger partial charge in [0, 0.05) is 31.3 Å². The summed E-state index contributed by atoms with van der Waals surface area (Å²) < 4.78 is 18.7. The van der Waals surface area contributed by atoms with Gasteiger partial charge in [-0.2, -0.15) is 0 Å². The summed E-state index contributed by atoms with van der Waals surface area (Å²) in [6.07, 6.45) is 3.36. The third-order valence-corrected chi connectivity index (χ3v) is 6.95. The minimum Gasteiger partial charge on any atom is -0.395 e. The molecule has 5 rings (SSSR count). The number of hydrogen-bond donors (Lipinski definition) is 2. The summed E-state index contributed by atoms with van der Waals surface area (Å²) in [4.78, 5) is 11.9. The van der Waals surface area contributed by atoms with Crippen molar-refractivity contribution in [3.05, 3.63) is 0 Å². The van der Waals surface area contributed by atoms with Crippen molar-refractivity contribution in [1.29, 1.82) is 0 Å². The van der Waals surface area contributed by atoms with E-state index in [1.807, 2.05) is 6.92 Å². The first-order valence-electron chi connectivity index (χ1n) is 10.1. The van der Waals surface area contributed by atoms with Crippen LogP contribution in [-0.2, 0) is 24.0 Å². The summed E-state index contributed by atoms with van der Waals surface area (Å²) in [5.41, 5.74) is -0.526. The van der Waals surface area contributed by atoms with Gasteiger partial charge in [-0.05, 0) is 38.0 Å². The molecule has 1 spiro atoms. The third kappa shape index (κ3) is 3.02. The number of fused-ring (bicyclic) bond motifs is 2. The van der Waals surface area contributed by atoms with E-state index >= 15 is 0 Å². The van der Waals surface area contributed by atoms with E-state index in [9.17, 15) is 0 Å². The second-order valence-electron chi connectivity index (χ2n) is 8.62. The van der Waals surface area contributed by atoms with E-state index in [1.54, 1.807) is 0 Å². The van der Waals surface area contributed by atoms with E-state index in [-0.39, 0.29) is 18.8 Å². The Bertz CT molecular complexity index is 506. The maximum atomic E-state index is 8.85. The SMILES string of the molecule is C[C@@H]1CCC2[C@@H](C)[C@@H](OCCNCCO)O[C@@H]3O[C@@]4(C)CCC1[C@@]23OO4. The van der Waals surface area contributed by atoms with Crippen LogP contribution in [0.3, 0.4) is 0 Å². The van der Waals surface area contributed by atoms with Gasteiger partial charge in [-0.1, -0.05) is 13.8 Å². The van der Waals surface area contributed by atoms with Crippen molar-refractivity contribution < 1.29 is 29.1 Å². The van der Waals surface area contributed by atoms with Gasteiger partial charge in [-0.15, -0.1) is 0 Å². The number of aliphatic hydroxyl groups excluding tert-OH is 1. The summed E-state index contributed by atoms with van der Waals surface area (Å²) in [5.74, 6) is 0.697. The van der Waals surface area contributed by atoms with E-state index in [2.05, 4.69) is 19.2 Å². The molecule has 150 valence electrons. The minimum atomic E-state index is -0.745. The molecule has 2 N–H and O–H groups in total. The molecule has 2 bridgehead atoms. The second-order valence-corrected chi connectivity index (χ2v) is 8.62. The summed E-state index contributed by atoms with van der Waals surface area (Å²) in [6, 6.07) is 0. The highest BCUT2D eigenvalue weighted by Gasteiger charge is 2.69. The Hall–Kier alpha value is -0.280. The zero-order valence-corrected chi connectivity index (χ0v) is 16.1. The highest BCUT2D eigenvalue weighted by Crippen LogP contribution is 2.60. The van der Waals surface area contributed by atoms with Crippen molar-refractivity contribution in [2.45, 2.75) is 70.4 Å². The molecule has 1 aliphatic carbocycles. The average molecular weight is 371 g/mol. The fourth-order valence-electron chi connectivity index (χ4n) is 5.51. The molecule has 8 atom stereocenters. The first-order valence-corrected chi connectivity index (χ1v) is 10.1. The van der Waals surface area contributed by atoms with Crippen molar-refractivity contribution in [2.75, 3.05) is 26.3 Å². The number of nitrogens with one attached hydrogen (secondary N) is 1. The molecule has 0 aromatic rings. The van der Waals surface area contributed by atoms with Crippen molar-refractivity contribution in [3.8, 4) is 0 Å². The molecule has 0 aromatic heterocycles. The fourth-order valence-corrected chi connectivity index (χ4v) is 5.51. The molecule has 0 amide bonds. The first-order chi connectivity index (χ1) is 12.5. The summed E-state index contributed by atoms with van der Waals surface area (Å²) in [5, 5.41) is 12.0. The molecule has 5 aliphatic rings. The van der Waals surface area contributed by atoms with Crippen LogP contribution in [0.15, 0.2) is 0 Å². The Morgan fingerprint density at radius 2 is 1.96 bits per heavy atom. The van der Waals surface area contributed by atoms with Crippen LogP contribution in [0.5, 0.6) is 0 Å². The molecule has 4 heterocycles. The molecule has 4 saturated heterocycles. The van der Waals surface area contributed by atoms with Crippen LogP contribution in [0.25, 0.3) is 0 Å². The Labute approximate surface area is 155 Å². The van der Waals surface area contributed by atoms with E-state index in [0.717, 1.165) is 19.3 Å².